The van der Waals surface area contributed by atoms with E-state index in [-0.39, 0.29) is 12.2 Å². The number of nitrogens with zero attached hydrogens (tertiary/aromatic N) is 1. The van der Waals surface area contributed by atoms with Crippen LogP contribution in [0.2, 0.25) is 0 Å². The van der Waals surface area contributed by atoms with Crippen LogP contribution in [0.4, 0.5) is 14.5 Å². The first kappa shape index (κ1) is 15.0. The van der Waals surface area contributed by atoms with Crippen LogP contribution in [0.1, 0.15) is 25.3 Å². The Kier molecular flexibility index (Phi) is 4.91. The van der Waals surface area contributed by atoms with Crippen molar-refractivity contribution in [1.29, 1.82) is 0 Å². The lowest BCUT2D eigenvalue weighted by atomic mass is 10.1. The zero-order valence-electron chi connectivity index (χ0n) is 10.4. The summed E-state index contributed by atoms with van der Waals surface area (Å²) in [6, 6.07) is 3.67. The second-order valence-corrected chi connectivity index (χ2v) is 3.99. The molecule has 19 heavy (non-hydrogen) atoms. The van der Waals surface area contributed by atoms with Crippen LogP contribution in [-0.2, 0) is 10.7 Å². The Bertz CT molecular complexity index is 461. The molecule has 0 atom stereocenters. The number of alkyl halides is 2. The Morgan fingerprint density at radius 2 is 1.95 bits per heavy atom. The van der Waals surface area contributed by atoms with Gasteiger partial charge in [-0.15, -0.1) is 0 Å². The van der Waals surface area contributed by atoms with Gasteiger partial charge in [0.05, 0.1) is 4.92 Å². The average Bonchev–Trinajstić information content (AvgIpc) is 2.39. The molecule has 7 heteroatoms. The van der Waals surface area contributed by atoms with Crippen molar-refractivity contribution < 1.29 is 18.5 Å². The van der Waals surface area contributed by atoms with E-state index in [0.29, 0.717) is 6.42 Å². The van der Waals surface area contributed by atoms with Crippen molar-refractivity contribution in [2.24, 2.45) is 0 Å². The second-order valence-electron chi connectivity index (χ2n) is 3.99. The van der Waals surface area contributed by atoms with Crippen LogP contribution in [0.15, 0.2) is 24.3 Å². The van der Waals surface area contributed by atoms with Crippen LogP contribution in [0.25, 0.3) is 0 Å². The minimum Gasteiger partial charge on any atom is -0.351 e. The number of unbranched alkanes of at least 4 members (excludes halogenated alkanes) is 1. The summed E-state index contributed by atoms with van der Waals surface area (Å²) in [6.07, 6.45) is 1.39. The fourth-order valence-electron chi connectivity index (χ4n) is 1.41. The first-order valence-corrected chi connectivity index (χ1v) is 5.80. The predicted molar refractivity (Wildman–Crippen MR) is 64.9 cm³/mol. The molecule has 0 aliphatic heterocycles. The largest absolute Gasteiger partial charge is 0.351 e. The number of rotatable bonds is 6. The lowest BCUT2D eigenvalue weighted by Crippen LogP contribution is -2.38. The van der Waals surface area contributed by atoms with Crippen molar-refractivity contribution in [3.05, 3.63) is 39.9 Å². The second kappa shape index (κ2) is 6.21. The Balaban J connectivity index is 2.81. The van der Waals surface area contributed by atoms with Crippen LogP contribution in [0.5, 0.6) is 0 Å². The van der Waals surface area contributed by atoms with E-state index in [4.69, 9.17) is 0 Å². The van der Waals surface area contributed by atoms with Crippen LogP contribution in [0, 0.1) is 10.1 Å². The van der Waals surface area contributed by atoms with Gasteiger partial charge >= 0.3 is 5.92 Å². The number of hydrogen-bond donors (Lipinski definition) is 1. The van der Waals surface area contributed by atoms with E-state index in [2.05, 4.69) is 5.32 Å². The molecule has 0 bridgehead atoms. The SMILES string of the molecule is CCCCNC(=O)C(F)(F)c1ccc([N+](=O)[O-])cc1. The molecule has 0 spiro atoms. The van der Waals surface area contributed by atoms with Crippen LogP contribution >= 0.6 is 0 Å². The van der Waals surface area contributed by atoms with E-state index in [0.717, 1.165) is 30.7 Å². The third kappa shape index (κ3) is 3.70. The van der Waals surface area contributed by atoms with E-state index >= 15 is 0 Å². The topological polar surface area (TPSA) is 72.2 Å². The maximum Gasteiger partial charge on any atom is 0.349 e. The zero-order chi connectivity index (χ0) is 14.5. The molecule has 0 fully saturated rings. The molecule has 104 valence electrons. The summed E-state index contributed by atoms with van der Waals surface area (Å²) in [5.41, 5.74) is -0.863. The number of carbonyl (C=O) groups is 1. The molecule has 0 unspecified atom stereocenters. The molecule has 0 aliphatic rings. The molecule has 0 saturated carbocycles. The lowest BCUT2D eigenvalue weighted by molar-refractivity contribution is -0.384. The highest BCUT2D eigenvalue weighted by Crippen LogP contribution is 2.29. The van der Waals surface area contributed by atoms with Crippen LogP contribution < -0.4 is 5.32 Å². The van der Waals surface area contributed by atoms with Gasteiger partial charge in [-0.3, -0.25) is 14.9 Å². The minimum absolute atomic E-state index is 0.178. The molecular weight excluding hydrogens is 258 g/mol. The van der Waals surface area contributed by atoms with Gasteiger partial charge in [-0.2, -0.15) is 8.78 Å². The van der Waals surface area contributed by atoms with Gasteiger partial charge in [0, 0.05) is 24.2 Å². The lowest BCUT2D eigenvalue weighted by Gasteiger charge is -2.16. The van der Waals surface area contributed by atoms with Gasteiger partial charge in [-0.1, -0.05) is 13.3 Å². The number of nitro groups is 1. The summed E-state index contributed by atoms with van der Waals surface area (Å²) in [6.45, 7) is 2.05. The summed E-state index contributed by atoms with van der Waals surface area (Å²) in [7, 11) is 0. The highest BCUT2D eigenvalue weighted by atomic mass is 19.3. The van der Waals surface area contributed by atoms with E-state index in [1.807, 2.05) is 6.92 Å². The van der Waals surface area contributed by atoms with Crippen molar-refractivity contribution in [2.45, 2.75) is 25.7 Å². The molecule has 1 aromatic rings. The van der Waals surface area contributed by atoms with Gasteiger partial charge in [0.1, 0.15) is 0 Å². The Morgan fingerprint density at radius 1 is 1.37 bits per heavy atom. The molecule has 1 N–H and O–H groups in total. The van der Waals surface area contributed by atoms with Crippen LogP contribution in [-0.4, -0.2) is 17.4 Å². The summed E-state index contributed by atoms with van der Waals surface area (Å²) >= 11 is 0. The molecule has 1 rings (SSSR count). The van der Waals surface area contributed by atoms with E-state index in [9.17, 15) is 23.7 Å². The summed E-state index contributed by atoms with van der Waals surface area (Å²) in [5.74, 6) is -5.09. The van der Waals surface area contributed by atoms with E-state index in [1.54, 1.807) is 0 Å². The normalized spacial score (nSPS) is 11.1. The third-order valence-electron chi connectivity index (χ3n) is 2.54. The van der Waals surface area contributed by atoms with Crippen molar-refractivity contribution in [1.82, 2.24) is 5.32 Å². The first-order chi connectivity index (χ1) is 8.89. The van der Waals surface area contributed by atoms with Crippen molar-refractivity contribution in [2.75, 3.05) is 6.54 Å². The van der Waals surface area contributed by atoms with Crippen molar-refractivity contribution in [3.63, 3.8) is 0 Å². The van der Waals surface area contributed by atoms with Crippen molar-refractivity contribution in [3.8, 4) is 0 Å². The van der Waals surface area contributed by atoms with E-state index < -0.39 is 22.3 Å². The number of carbonyl (C=O) groups excluding carboxylic acids is 1. The molecule has 0 aliphatic carbocycles. The molecular formula is C12H14F2N2O3. The summed E-state index contributed by atoms with van der Waals surface area (Å²) in [4.78, 5) is 21.1. The van der Waals surface area contributed by atoms with Gasteiger partial charge in [0.25, 0.3) is 11.6 Å². The highest BCUT2D eigenvalue weighted by molar-refractivity contribution is 5.84. The minimum atomic E-state index is -3.69. The maximum atomic E-state index is 13.7. The standard InChI is InChI=1S/C12H14F2N2O3/c1-2-3-8-15-11(17)12(13,14)9-4-6-10(7-5-9)16(18)19/h4-7H,2-3,8H2,1H3,(H,15,17). The Labute approximate surface area is 108 Å². The number of nitrogens with one attached hydrogen (secondary N) is 1. The highest BCUT2D eigenvalue weighted by Gasteiger charge is 2.40. The fourth-order valence-corrected chi connectivity index (χ4v) is 1.41. The Hall–Kier alpha value is -2.05. The molecule has 0 heterocycles. The van der Waals surface area contributed by atoms with Crippen molar-refractivity contribution >= 4 is 11.6 Å². The van der Waals surface area contributed by atoms with E-state index in [1.165, 1.54) is 0 Å². The fraction of sp³-hybridized carbons (Fsp3) is 0.417. The van der Waals surface area contributed by atoms with Crippen LogP contribution in [0.3, 0.4) is 0 Å². The van der Waals surface area contributed by atoms with Gasteiger partial charge in [-0.25, -0.2) is 0 Å². The molecule has 0 aromatic heterocycles. The third-order valence-corrected chi connectivity index (χ3v) is 2.54. The number of nitro benzene ring substituents is 1. The maximum absolute atomic E-state index is 13.7. The monoisotopic (exact) mass is 272 g/mol. The summed E-state index contributed by atoms with van der Waals surface area (Å²) < 4.78 is 27.5. The number of amides is 1. The number of non-ortho nitro benzene ring substituents is 1. The molecule has 1 aromatic carbocycles. The molecule has 1 amide bonds. The number of benzene rings is 1. The molecule has 0 saturated heterocycles. The molecule has 0 radical (unpaired) electrons. The zero-order valence-corrected chi connectivity index (χ0v) is 10.4. The Morgan fingerprint density at radius 3 is 2.42 bits per heavy atom. The number of halogens is 2. The molecule has 5 nitrogen and oxygen atoms in total. The van der Waals surface area contributed by atoms with Gasteiger partial charge in [0.2, 0.25) is 0 Å². The first-order valence-electron chi connectivity index (χ1n) is 5.80. The smallest absolute Gasteiger partial charge is 0.349 e. The van der Waals surface area contributed by atoms with Gasteiger partial charge in [-0.05, 0) is 18.6 Å². The predicted octanol–water partition coefficient (Wildman–Crippen LogP) is 2.60. The number of hydrogen-bond acceptors (Lipinski definition) is 3. The van der Waals surface area contributed by atoms with Gasteiger partial charge in [0.15, 0.2) is 0 Å². The summed E-state index contributed by atoms with van der Waals surface area (Å²) in [5, 5.41) is 12.5. The average molecular weight is 272 g/mol. The quantitative estimate of drug-likeness (QED) is 0.491. The van der Waals surface area contributed by atoms with Gasteiger partial charge < -0.3 is 5.32 Å².